The van der Waals surface area contributed by atoms with E-state index in [9.17, 15) is 9.18 Å². The highest BCUT2D eigenvalue weighted by Gasteiger charge is 2.20. The van der Waals surface area contributed by atoms with Gasteiger partial charge < -0.3 is 10.1 Å². The van der Waals surface area contributed by atoms with E-state index in [0.29, 0.717) is 28.7 Å². The molecule has 0 radical (unpaired) electrons. The highest BCUT2D eigenvalue weighted by Crippen LogP contribution is 2.21. The highest BCUT2D eigenvalue weighted by atomic mass is 35.5. The van der Waals surface area contributed by atoms with Gasteiger partial charge in [0.25, 0.3) is 5.91 Å². The van der Waals surface area contributed by atoms with Gasteiger partial charge in [-0.2, -0.15) is 5.10 Å². The second-order valence-electron chi connectivity index (χ2n) is 6.45. The van der Waals surface area contributed by atoms with Crippen LogP contribution in [0.25, 0.3) is 0 Å². The van der Waals surface area contributed by atoms with Crippen molar-refractivity contribution in [1.29, 1.82) is 0 Å². The van der Waals surface area contributed by atoms with Crippen molar-refractivity contribution >= 4 is 17.5 Å². The average molecular weight is 402 g/mol. The molecule has 0 saturated carbocycles. The number of amides is 1. The molecule has 0 aliphatic rings. The van der Waals surface area contributed by atoms with Gasteiger partial charge in [0.1, 0.15) is 23.3 Å². The van der Waals surface area contributed by atoms with Gasteiger partial charge in [-0.15, -0.1) is 0 Å². The van der Waals surface area contributed by atoms with Crippen molar-refractivity contribution in [2.45, 2.75) is 20.4 Å². The van der Waals surface area contributed by atoms with Gasteiger partial charge in [0.2, 0.25) is 0 Å². The molecule has 28 heavy (non-hydrogen) atoms. The second-order valence-corrected chi connectivity index (χ2v) is 6.81. The quantitative estimate of drug-likeness (QED) is 0.605. The van der Waals surface area contributed by atoms with E-state index in [2.05, 4.69) is 10.4 Å². The first-order chi connectivity index (χ1) is 13.4. The van der Waals surface area contributed by atoms with Crippen LogP contribution in [0.2, 0.25) is 5.15 Å². The second kappa shape index (κ2) is 8.89. The van der Waals surface area contributed by atoms with Crippen LogP contribution in [0.4, 0.5) is 4.39 Å². The van der Waals surface area contributed by atoms with Crippen molar-refractivity contribution < 1.29 is 13.9 Å². The van der Waals surface area contributed by atoms with Gasteiger partial charge in [0.15, 0.2) is 0 Å². The lowest BCUT2D eigenvalue weighted by Crippen LogP contribution is -2.28. The SMILES string of the molecule is Cc1ccc(Cn2nc(C)c(C(=O)NCCOc3ccc(F)cc3)c2Cl)cc1. The Morgan fingerprint density at radius 1 is 1.14 bits per heavy atom. The normalized spacial score (nSPS) is 10.7. The standard InChI is InChI=1S/C21H21ClFN3O2/c1-14-3-5-16(6-4-14)13-26-20(22)19(15(2)25-26)21(27)24-11-12-28-18-9-7-17(23)8-10-18/h3-10H,11-13H2,1-2H3,(H,24,27). The maximum absolute atomic E-state index is 12.9. The Balaban J connectivity index is 1.58. The average Bonchev–Trinajstić information content (AvgIpc) is 2.95. The van der Waals surface area contributed by atoms with Crippen LogP contribution in [-0.4, -0.2) is 28.8 Å². The summed E-state index contributed by atoms with van der Waals surface area (Å²) < 4.78 is 20.0. The summed E-state index contributed by atoms with van der Waals surface area (Å²) in [6, 6.07) is 13.8. The number of hydrogen-bond acceptors (Lipinski definition) is 3. The number of hydrogen-bond donors (Lipinski definition) is 1. The predicted molar refractivity (Wildman–Crippen MR) is 106 cm³/mol. The number of benzene rings is 2. The van der Waals surface area contributed by atoms with Gasteiger partial charge >= 0.3 is 0 Å². The molecule has 1 aromatic heterocycles. The molecule has 0 fully saturated rings. The van der Waals surface area contributed by atoms with Gasteiger partial charge in [-0.3, -0.25) is 4.79 Å². The van der Waals surface area contributed by atoms with Crippen LogP contribution in [0.1, 0.15) is 27.2 Å². The molecule has 0 unspecified atom stereocenters. The van der Waals surface area contributed by atoms with Gasteiger partial charge in [-0.25, -0.2) is 9.07 Å². The molecule has 0 spiro atoms. The Labute approximate surface area is 168 Å². The number of aryl methyl sites for hydroxylation is 2. The summed E-state index contributed by atoms with van der Waals surface area (Å²) in [6.45, 7) is 4.81. The zero-order valence-electron chi connectivity index (χ0n) is 15.7. The molecular formula is C21H21ClFN3O2. The van der Waals surface area contributed by atoms with Crippen LogP contribution in [-0.2, 0) is 6.54 Å². The summed E-state index contributed by atoms with van der Waals surface area (Å²) in [7, 11) is 0. The molecule has 1 amide bonds. The van der Waals surface area contributed by atoms with E-state index in [1.165, 1.54) is 29.8 Å². The lowest BCUT2D eigenvalue weighted by molar-refractivity contribution is 0.0946. The van der Waals surface area contributed by atoms with E-state index in [0.717, 1.165) is 5.56 Å². The topological polar surface area (TPSA) is 56.2 Å². The maximum atomic E-state index is 12.9. The summed E-state index contributed by atoms with van der Waals surface area (Å²) in [6.07, 6.45) is 0. The van der Waals surface area contributed by atoms with Crippen molar-refractivity contribution in [2.75, 3.05) is 13.2 Å². The van der Waals surface area contributed by atoms with E-state index in [1.54, 1.807) is 11.6 Å². The summed E-state index contributed by atoms with van der Waals surface area (Å²) >= 11 is 6.40. The van der Waals surface area contributed by atoms with E-state index >= 15 is 0 Å². The molecule has 2 aromatic carbocycles. The highest BCUT2D eigenvalue weighted by molar-refractivity contribution is 6.33. The minimum atomic E-state index is -0.326. The Hall–Kier alpha value is -2.86. The third-order valence-electron chi connectivity index (χ3n) is 4.22. The number of nitrogens with one attached hydrogen (secondary N) is 1. The molecule has 0 aliphatic carbocycles. The number of ether oxygens (including phenoxy) is 1. The molecule has 1 N–H and O–H groups in total. The lowest BCUT2D eigenvalue weighted by Gasteiger charge is -2.08. The number of rotatable bonds is 7. The van der Waals surface area contributed by atoms with Gasteiger partial charge in [0, 0.05) is 0 Å². The predicted octanol–water partition coefficient (Wildman–Crippen LogP) is 4.15. The van der Waals surface area contributed by atoms with Crippen molar-refractivity contribution in [1.82, 2.24) is 15.1 Å². The number of carbonyl (C=O) groups excluding carboxylic acids is 1. The van der Waals surface area contributed by atoms with Gasteiger partial charge in [0.05, 0.1) is 24.3 Å². The van der Waals surface area contributed by atoms with Crippen molar-refractivity contribution in [3.05, 3.63) is 81.9 Å². The van der Waals surface area contributed by atoms with Crippen LogP contribution in [0.3, 0.4) is 0 Å². The molecule has 3 rings (SSSR count). The zero-order valence-corrected chi connectivity index (χ0v) is 16.5. The fourth-order valence-corrected chi connectivity index (χ4v) is 3.06. The van der Waals surface area contributed by atoms with Crippen molar-refractivity contribution in [3.8, 4) is 5.75 Å². The first-order valence-corrected chi connectivity index (χ1v) is 9.27. The summed E-state index contributed by atoms with van der Waals surface area (Å²) in [4.78, 5) is 12.5. The fraction of sp³-hybridized carbons (Fsp3) is 0.238. The van der Waals surface area contributed by atoms with Crippen molar-refractivity contribution in [2.24, 2.45) is 0 Å². The fourth-order valence-electron chi connectivity index (χ4n) is 2.74. The largest absolute Gasteiger partial charge is 0.492 e. The van der Waals surface area contributed by atoms with E-state index in [4.69, 9.17) is 16.3 Å². The Bertz CT molecular complexity index is 953. The first-order valence-electron chi connectivity index (χ1n) is 8.89. The Morgan fingerprint density at radius 3 is 2.50 bits per heavy atom. The van der Waals surface area contributed by atoms with E-state index in [1.807, 2.05) is 31.2 Å². The molecule has 0 aliphatic heterocycles. The Morgan fingerprint density at radius 2 is 1.82 bits per heavy atom. The summed E-state index contributed by atoms with van der Waals surface area (Å²) in [5, 5.41) is 7.46. The zero-order chi connectivity index (χ0) is 20.1. The number of halogens is 2. The van der Waals surface area contributed by atoms with Crippen LogP contribution < -0.4 is 10.1 Å². The van der Waals surface area contributed by atoms with Crippen LogP contribution in [0, 0.1) is 19.7 Å². The smallest absolute Gasteiger partial charge is 0.256 e. The minimum Gasteiger partial charge on any atom is -0.492 e. The van der Waals surface area contributed by atoms with Gasteiger partial charge in [-0.1, -0.05) is 41.4 Å². The molecule has 146 valence electrons. The van der Waals surface area contributed by atoms with E-state index < -0.39 is 0 Å². The molecule has 0 saturated heterocycles. The van der Waals surface area contributed by atoms with Crippen molar-refractivity contribution in [3.63, 3.8) is 0 Å². The third kappa shape index (κ3) is 4.89. The van der Waals surface area contributed by atoms with Gasteiger partial charge in [-0.05, 0) is 43.7 Å². The number of carbonyl (C=O) groups is 1. The first kappa shape index (κ1) is 19.9. The van der Waals surface area contributed by atoms with Crippen LogP contribution in [0.5, 0.6) is 5.75 Å². The molecule has 0 bridgehead atoms. The molecule has 3 aromatic rings. The third-order valence-corrected chi connectivity index (χ3v) is 4.60. The molecular weight excluding hydrogens is 381 g/mol. The number of nitrogens with zero attached hydrogens (tertiary/aromatic N) is 2. The minimum absolute atomic E-state index is 0.255. The van der Waals surface area contributed by atoms with E-state index in [-0.39, 0.29) is 24.9 Å². The lowest BCUT2D eigenvalue weighted by atomic mass is 10.1. The molecule has 5 nitrogen and oxygen atoms in total. The van der Waals surface area contributed by atoms with Crippen LogP contribution in [0.15, 0.2) is 48.5 Å². The Kier molecular flexibility index (Phi) is 6.31. The maximum Gasteiger partial charge on any atom is 0.256 e. The van der Waals surface area contributed by atoms with Crippen LogP contribution >= 0.6 is 11.6 Å². The molecule has 0 atom stereocenters. The monoisotopic (exact) mass is 401 g/mol. The molecule has 7 heteroatoms. The molecule has 1 heterocycles. The number of aromatic nitrogens is 2. The summed E-state index contributed by atoms with van der Waals surface area (Å²) in [5.41, 5.74) is 3.15. The summed E-state index contributed by atoms with van der Waals surface area (Å²) in [5.74, 6) is -0.0930.